The monoisotopic (exact) mass is 257 g/mol. The molecule has 106 valence electrons. The van der Waals surface area contributed by atoms with Gasteiger partial charge in [0.15, 0.2) is 0 Å². The summed E-state index contributed by atoms with van der Waals surface area (Å²) in [6.07, 6.45) is 0.954. The Bertz CT molecular complexity index is 297. The highest BCUT2D eigenvalue weighted by Crippen LogP contribution is 2.28. The summed E-state index contributed by atoms with van der Waals surface area (Å²) in [6.45, 7) is 13.3. The molecule has 0 aromatic rings. The van der Waals surface area contributed by atoms with Crippen molar-refractivity contribution < 1.29 is 14.0 Å². The minimum atomic E-state index is -0.417. The number of nitrogens with two attached hydrogens (primary N) is 1. The van der Waals surface area contributed by atoms with E-state index in [0.29, 0.717) is 22.9 Å². The summed E-state index contributed by atoms with van der Waals surface area (Å²) in [5.74, 6) is 0.935. The molecule has 0 aromatic carbocycles. The van der Waals surface area contributed by atoms with Crippen LogP contribution in [0.3, 0.4) is 0 Å². The quantitative estimate of drug-likeness (QED) is 0.790. The molecule has 0 aromatic heterocycles. The maximum absolute atomic E-state index is 12.5. The van der Waals surface area contributed by atoms with Gasteiger partial charge in [0.1, 0.15) is 5.60 Å². The molecule has 4 nitrogen and oxygen atoms in total. The van der Waals surface area contributed by atoms with Gasteiger partial charge >= 0.3 is 6.09 Å². The lowest BCUT2D eigenvalue weighted by molar-refractivity contribution is -0.850. The summed E-state index contributed by atoms with van der Waals surface area (Å²) in [5, 5.41) is 0. The van der Waals surface area contributed by atoms with E-state index < -0.39 is 5.60 Å². The molecule has 1 amide bonds. The van der Waals surface area contributed by atoms with Crippen molar-refractivity contribution in [2.75, 3.05) is 26.2 Å². The van der Waals surface area contributed by atoms with Crippen molar-refractivity contribution in [3.05, 3.63) is 0 Å². The van der Waals surface area contributed by atoms with E-state index >= 15 is 0 Å². The summed E-state index contributed by atoms with van der Waals surface area (Å²) in [4.78, 5) is 12.5. The molecule has 1 fully saturated rings. The molecule has 0 bridgehead atoms. The SMILES string of the molecule is CC(C)C[N+]1(C(=O)OC(C)(C)C)CC[C@H](CN)C1. The van der Waals surface area contributed by atoms with Crippen molar-refractivity contribution in [2.24, 2.45) is 17.6 Å². The van der Waals surface area contributed by atoms with Crippen LogP contribution in [-0.2, 0) is 4.74 Å². The molecule has 1 aliphatic heterocycles. The standard InChI is InChI=1S/C14H29N2O2/c1-11(2)9-16(7-6-12(8-15)10-16)13(17)18-14(3,4)5/h11-12H,6-10,15H2,1-5H3/q+1/t12-,16?/m1/s1. The van der Waals surface area contributed by atoms with Crippen LogP contribution in [0.25, 0.3) is 0 Å². The van der Waals surface area contributed by atoms with Crippen molar-refractivity contribution in [1.29, 1.82) is 0 Å². The number of likely N-dealkylation sites (tertiary alicyclic amines) is 1. The minimum Gasteiger partial charge on any atom is -0.414 e. The van der Waals surface area contributed by atoms with Crippen LogP contribution in [0, 0.1) is 11.8 Å². The van der Waals surface area contributed by atoms with Crippen molar-refractivity contribution in [2.45, 2.75) is 46.6 Å². The van der Waals surface area contributed by atoms with Gasteiger partial charge in [0, 0.05) is 24.8 Å². The van der Waals surface area contributed by atoms with Gasteiger partial charge in [-0.25, -0.2) is 4.48 Å². The van der Waals surface area contributed by atoms with Gasteiger partial charge in [-0.2, -0.15) is 4.79 Å². The second-order valence-electron chi connectivity index (χ2n) is 7.00. The van der Waals surface area contributed by atoms with Gasteiger partial charge in [0.05, 0.1) is 19.6 Å². The third kappa shape index (κ3) is 3.95. The Morgan fingerprint density at radius 2 is 2.06 bits per heavy atom. The number of carbonyl (C=O) groups excluding carboxylic acids is 1. The fourth-order valence-corrected chi connectivity index (χ4v) is 2.76. The van der Waals surface area contributed by atoms with Crippen molar-refractivity contribution >= 4 is 6.09 Å². The topological polar surface area (TPSA) is 52.3 Å². The fourth-order valence-electron chi connectivity index (χ4n) is 2.76. The van der Waals surface area contributed by atoms with Crippen LogP contribution < -0.4 is 5.73 Å². The van der Waals surface area contributed by atoms with E-state index in [2.05, 4.69) is 13.8 Å². The summed E-state index contributed by atoms with van der Waals surface area (Å²) < 4.78 is 6.07. The Morgan fingerprint density at radius 3 is 2.44 bits per heavy atom. The van der Waals surface area contributed by atoms with Gasteiger partial charge in [0.25, 0.3) is 0 Å². The molecule has 2 atom stereocenters. The summed E-state index contributed by atoms with van der Waals surface area (Å²) in [6, 6.07) is 0. The second-order valence-corrected chi connectivity index (χ2v) is 7.00. The average molecular weight is 257 g/mol. The molecule has 1 saturated heterocycles. The van der Waals surface area contributed by atoms with Gasteiger partial charge in [-0.05, 0) is 20.8 Å². The highest BCUT2D eigenvalue weighted by atomic mass is 16.6. The summed E-state index contributed by atoms with van der Waals surface area (Å²) >= 11 is 0. The van der Waals surface area contributed by atoms with Gasteiger partial charge in [-0.15, -0.1) is 0 Å². The van der Waals surface area contributed by atoms with Crippen LogP contribution in [0.5, 0.6) is 0 Å². The summed E-state index contributed by atoms with van der Waals surface area (Å²) in [7, 11) is 0. The zero-order chi connectivity index (χ0) is 14.0. The zero-order valence-corrected chi connectivity index (χ0v) is 12.5. The maximum Gasteiger partial charge on any atom is 0.516 e. The molecular weight excluding hydrogens is 228 g/mol. The number of hydrogen-bond donors (Lipinski definition) is 1. The average Bonchev–Trinajstić information content (AvgIpc) is 2.59. The fraction of sp³-hybridized carbons (Fsp3) is 0.929. The van der Waals surface area contributed by atoms with Gasteiger partial charge in [-0.1, -0.05) is 13.8 Å². The van der Waals surface area contributed by atoms with Crippen LogP contribution in [0.15, 0.2) is 0 Å². The van der Waals surface area contributed by atoms with Gasteiger partial charge < -0.3 is 10.5 Å². The third-order valence-electron chi connectivity index (χ3n) is 3.40. The summed E-state index contributed by atoms with van der Waals surface area (Å²) in [5.41, 5.74) is 5.33. The Balaban J connectivity index is 2.82. The lowest BCUT2D eigenvalue weighted by Gasteiger charge is -2.34. The molecule has 0 saturated carbocycles. The zero-order valence-electron chi connectivity index (χ0n) is 12.5. The number of amides is 1. The molecule has 0 radical (unpaired) electrons. The molecule has 1 rings (SSSR count). The Hall–Kier alpha value is -0.610. The number of quaternary nitrogens is 1. The number of rotatable bonds is 3. The molecule has 1 aliphatic rings. The predicted octanol–water partition coefficient (Wildman–Crippen LogP) is 2.37. The first-order valence-corrected chi connectivity index (χ1v) is 6.98. The smallest absolute Gasteiger partial charge is 0.414 e. The first-order chi connectivity index (χ1) is 8.18. The van der Waals surface area contributed by atoms with E-state index in [0.717, 1.165) is 26.1 Å². The van der Waals surface area contributed by atoms with E-state index in [-0.39, 0.29) is 6.09 Å². The number of ether oxygens (including phenoxy) is 1. The van der Waals surface area contributed by atoms with E-state index in [1.165, 1.54) is 0 Å². The number of nitrogens with zero attached hydrogens (tertiary/aromatic N) is 1. The van der Waals surface area contributed by atoms with E-state index in [1.54, 1.807) is 0 Å². The number of hydrogen-bond acceptors (Lipinski definition) is 3. The lowest BCUT2D eigenvalue weighted by atomic mass is 10.1. The van der Waals surface area contributed by atoms with Gasteiger partial charge in [-0.3, -0.25) is 0 Å². The van der Waals surface area contributed by atoms with E-state index in [1.807, 2.05) is 20.8 Å². The molecular formula is C14H29N2O2+. The van der Waals surface area contributed by atoms with Crippen molar-refractivity contribution in [3.8, 4) is 0 Å². The largest absolute Gasteiger partial charge is 0.516 e. The first kappa shape index (κ1) is 15.4. The minimum absolute atomic E-state index is 0.0767. The normalized spacial score (nSPS) is 28.7. The van der Waals surface area contributed by atoms with Crippen LogP contribution in [0.1, 0.15) is 41.0 Å². The van der Waals surface area contributed by atoms with E-state index in [9.17, 15) is 4.79 Å². The number of carbonyl (C=O) groups is 1. The second kappa shape index (κ2) is 5.57. The van der Waals surface area contributed by atoms with Crippen LogP contribution in [0.2, 0.25) is 0 Å². The van der Waals surface area contributed by atoms with E-state index in [4.69, 9.17) is 10.5 Å². The van der Waals surface area contributed by atoms with Crippen LogP contribution in [-0.4, -0.2) is 42.4 Å². The van der Waals surface area contributed by atoms with Crippen molar-refractivity contribution in [3.63, 3.8) is 0 Å². The third-order valence-corrected chi connectivity index (χ3v) is 3.40. The molecule has 0 spiro atoms. The maximum atomic E-state index is 12.5. The van der Waals surface area contributed by atoms with Gasteiger partial charge in [0.2, 0.25) is 0 Å². The lowest BCUT2D eigenvalue weighted by Crippen LogP contribution is -2.55. The Morgan fingerprint density at radius 1 is 1.44 bits per heavy atom. The molecule has 2 N–H and O–H groups in total. The molecule has 4 heteroatoms. The van der Waals surface area contributed by atoms with Crippen LogP contribution >= 0.6 is 0 Å². The van der Waals surface area contributed by atoms with Crippen molar-refractivity contribution in [1.82, 2.24) is 0 Å². The Labute approximate surface area is 111 Å². The van der Waals surface area contributed by atoms with Crippen LogP contribution in [0.4, 0.5) is 4.79 Å². The molecule has 1 unspecified atom stereocenters. The predicted molar refractivity (Wildman–Crippen MR) is 73.1 cm³/mol. The Kier molecular flexibility index (Phi) is 4.78. The highest BCUT2D eigenvalue weighted by molar-refractivity contribution is 5.60. The highest BCUT2D eigenvalue weighted by Gasteiger charge is 2.47. The molecule has 18 heavy (non-hydrogen) atoms. The molecule has 1 heterocycles. The molecule has 0 aliphatic carbocycles. The first-order valence-electron chi connectivity index (χ1n) is 6.98.